The number of fused-ring (bicyclic) bond motifs is 3. The van der Waals surface area contributed by atoms with Gasteiger partial charge >= 0.3 is 0 Å². The van der Waals surface area contributed by atoms with Crippen molar-refractivity contribution in [2.45, 2.75) is 26.4 Å². The van der Waals surface area contributed by atoms with E-state index in [2.05, 4.69) is 22.2 Å². The second kappa shape index (κ2) is 3.00. The van der Waals surface area contributed by atoms with Gasteiger partial charge in [-0.2, -0.15) is 0 Å². The molecule has 1 N–H and O–H groups in total. The number of rotatable bonds is 1. The first-order chi connectivity index (χ1) is 6.90. The summed E-state index contributed by atoms with van der Waals surface area (Å²) in [5.74, 6) is 0. The molecule has 14 heavy (non-hydrogen) atoms. The first-order valence-corrected chi connectivity index (χ1v) is 5.66. The van der Waals surface area contributed by atoms with Crippen LogP contribution in [0.5, 0.6) is 0 Å². The van der Waals surface area contributed by atoms with E-state index < -0.39 is 0 Å². The molecular weight excluding hydrogens is 194 g/mol. The fourth-order valence-electron chi connectivity index (χ4n) is 2.00. The largest absolute Gasteiger partial charge is 0.308 e. The number of aryl methyl sites for hydroxylation is 1. The van der Waals surface area contributed by atoms with Crippen molar-refractivity contribution in [3.63, 3.8) is 0 Å². The Hall–Kier alpha value is -1.00. The molecule has 0 aromatic carbocycles. The Balaban J connectivity index is 2.39. The summed E-state index contributed by atoms with van der Waals surface area (Å²) in [6.07, 6.45) is 2.67. The van der Waals surface area contributed by atoms with Gasteiger partial charge in [0.05, 0.1) is 5.69 Å². The second-order valence-corrected chi connectivity index (χ2v) is 4.55. The highest BCUT2D eigenvalue weighted by molar-refractivity contribution is 7.18. The van der Waals surface area contributed by atoms with Gasteiger partial charge in [0.1, 0.15) is 11.2 Å². The molecule has 4 heteroatoms. The summed E-state index contributed by atoms with van der Waals surface area (Å²) in [5, 5.41) is 4.67. The Bertz CT molecular complexity index is 489. The van der Waals surface area contributed by atoms with Gasteiger partial charge in [-0.1, -0.05) is 6.92 Å². The van der Waals surface area contributed by atoms with Crippen molar-refractivity contribution in [1.29, 1.82) is 0 Å². The average molecular weight is 205 g/mol. The van der Waals surface area contributed by atoms with Crippen LogP contribution in [0.15, 0.2) is 6.33 Å². The molecule has 0 aliphatic carbocycles. The van der Waals surface area contributed by atoms with E-state index in [4.69, 9.17) is 0 Å². The minimum absolute atomic E-state index is 0.982. The quantitative estimate of drug-likeness (QED) is 0.772. The molecule has 3 heterocycles. The minimum atomic E-state index is 0.982. The van der Waals surface area contributed by atoms with Gasteiger partial charge in [0.15, 0.2) is 0 Å². The highest BCUT2D eigenvalue weighted by atomic mass is 32.1. The lowest BCUT2D eigenvalue weighted by atomic mass is 10.1. The molecule has 0 saturated heterocycles. The maximum atomic E-state index is 4.34. The molecule has 0 fully saturated rings. The predicted octanol–water partition coefficient (Wildman–Crippen LogP) is 1.86. The van der Waals surface area contributed by atoms with Crippen molar-refractivity contribution in [2.24, 2.45) is 0 Å². The van der Waals surface area contributed by atoms with Crippen LogP contribution in [0.2, 0.25) is 0 Å². The van der Waals surface area contributed by atoms with Crippen LogP contribution in [0.3, 0.4) is 0 Å². The number of hydrogen-bond acceptors (Lipinski definition) is 4. The maximum Gasteiger partial charge on any atom is 0.127 e. The Morgan fingerprint density at radius 1 is 1.43 bits per heavy atom. The molecule has 0 saturated carbocycles. The first kappa shape index (κ1) is 8.32. The third-order valence-corrected chi connectivity index (χ3v) is 3.81. The van der Waals surface area contributed by atoms with E-state index in [1.54, 1.807) is 17.7 Å². The molecule has 0 amide bonds. The van der Waals surface area contributed by atoms with Crippen LogP contribution in [0, 0.1) is 0 Å². The molecule has 3 rings (SSSR count). The van der Waals surface area contributed by atoms with Gasteiger partial charge < -0.3 is 5.32 Å². The van der Waals surface area contributed by atoms with Gasteiger partial charge in [0, 0.05) is 23.4 Å². The molecule has 2 aromatic heterocycles. The first-order valence-electron chi connectivity index (χ1n) is 4.85. The monoisotopic (exact) mass is 205 g/mol. The third kappa shape index (κ3) is 1.01. The molecular formula is C10H11N3S. The Morgan fingerprint density at radius 3 is 3.21 bits per heavy atom. The van der Waals surface area contributed by atoms with Crippen LogP contribution in [-0.4, -0.2) is 9.97 Å². The van der Waals surface area contributed by atoms with E-state index in [1.165, 1.54) is 21.5 Å². The molecule has 0 atom stereocenters. The standard InChI is InChI=1S/C10H11N3S/c1-2-7-9-6-3-11-4-8(6)14-10(9)13-5-12-7/h5,11H,2-4H2,1H3. The molecule has 0 radical (unpaired) electrons. The van der Waals surface area contributed by atoms with Crippen molar-refractivity contribution in [3.8, 4) is 0 Å². The van der Waals surface area contributed by atoms with E-state index >= 15 is 0 Å². The van der Waals surface area contributed by atoms with Crippen molar-refractivity contribution < 1.29 is 0 Å². The minimum Gasteiger partial charge on any atom is -0.308 e. The zero-order valence-electron chi connectivity index (χ0n) is 8.00. The van der Waals surface area contributed by atoms with E-state index in [1.807, 2.05) is 0 Å². The second-order valence-electron chi connectivity index (χ2n) is 3.46. The normalized spacial score (nSPS) is 14.9. The van der Waals surface area contributed by atoms with Crippen molar-refractivity contribution in [2.75, 3.05) is 0 Å². The summed E-state index contributed by atoms with van der Waals surface area (Å²) in [4.78, 5) is 11.3. The maximum absolute atomic E-state index is 4.34. The summed E-state index contributed by atoms with van der Waals surface area (Å²) in [6.45, 7) is 4.13. The lowest BCUT2D eigenvalue weighted by Crippen LogP contribution is -2.01. The van der Waals surface area contributed by atoms with Crippen LogP contribution in [0.1, 0.15) is 23.1 Å². The smallest absolute Gasteiger partial charge is 0.127 e. The third-order valence-electron chi connectivity index (χ3n) is 2.67. The molecule has 3 nitrogen and oxygen atoms in total. The molecule has 1 aliphatic rings. The predicted molar refractivity (Wildman–Crippen MR) is 57.3 cm³/mol. The van der Waals surface area contributed by atoms with Crippen LogP contribution < -0.4 is 5.32 Å². The zero-order chi connectivity index (χ0) is 9.54. The molecule has 0 bridgehead atoms. The molecule has 0 spiro atoms. The number of aromatic nitrogens is 2. The molecule has 2 aromatic rings. The van der Waals surface area contributed by atoms with Crippen LogP contribution in [-0.2, 0) is 19.5 Å². The lowest BCUT2D eigenvalue weighted by molar-refractivity contribution is 0.768. The fourth-order valence-corrected chi connectivity index (χ4v) is 3.15. The van der Waals surface area contributed by atoms with E-state index in [-0.39, 0.29) is 0 Å². The fraction of sp³-hybridized carbons (Fsp3) is 0.400. The highest BCUT2D eigenvalue weighted by Gasteiger charge is 2.19. The zero-order valence-corrected chi connectivity index (χ0v) is 8.82. The Morgan fingerprint density at radius 2 is 2.36 bits per heavy atom. The molecule has 1 aliphatic heterocycles. The topological polar surface area (TPSA) is 37.8 Å². The van der Waals surface area contributed by atoms with E-state index in [0.717, 1.165) is 24.3 Å². The Labute approximate surface area is 86.2 Å². The van der Waals surface area contributed by atoms with Gasteiger partial charge in [-0.05, 0) is 12.0 Å². The van der Waals surface area contributed by atoms with Crippen molar-refractivity contribution >= 4 is 21.6 Å². The number of nitrogens with one attached hydrogen (secondary N) is 1. The molecule has 72 valence electrons. The lowest BCUT2D eigenvalue weighted by Gasteiger charge is -1.99. The summed E-state index contributed by atoms with van der Waals surface area (Å²) in [6, 6.07) is 0. The highest BCUT2D eigenvalue weighted by Crippen LogP contribution is 2.34. The number of nitrogens with zero attached hydrogens (tertiary/aromatic N) is 2. The SMILES string of the molecule is CCc1ncnc2sc3c(c12)CNC3. The van der Waals surface area contributed by atoms with E-state index in [9.17, 15) is 0 Å². The van der Waals surface area contributed by atoms with Crippen LogP contribution in [0.25, 0.3) is 10.2 Å². The van der Waals surface area contributed by atoms with Gasteiger partial charge in [0.2, 0.25) is 0 Å². The van der Waals surface area contributed by atoms with Gasteiger partial charge in [0.25, 0.3) is 0 Å². The summed E-state index contributed by atoms with van der Waals surface area (Å²) in [5.41, 5.74) is 2.62. The van der Waals surface area contributed by atoms with Crippen molar-refractivity contribution in [1.82, 2.24) is 15.3 Å². The van der Waals surface area contributed by atoms with Crippen LogP contribution in [0.4, 0.5) is 0 Å². The van der Waals surface area contributed by atoms with Crippen molar-refractivity contribution in [3.05, 3.63) is 22.5 Å². The summed E-state index contributed by atoms with van der Waals surface area (Å²) >= 11 is 1.80. The Kier molecular flexibility index (Phi) is 1.78. The molecule has 0 unspecified atom stereocenters. The van der Waals surface area contributed by atoms with E-state index in [0.29, 0.717) is 0 Å². The summed E-state index contributed by atoms with van der Waals surface area (Å²) in [7, 11) is 0. The van der Waals surface area contributed by atoms with Gasteiger partial charge in [-0.15, -0.1) is 11.3 Å². The van der Waals surface area contributed by atoms with Crippen LogP contribution >= 0.6 is 11.3 Å². The average Bonchev–Trinajstić information content (AvgIpc) is 2.75. The van der Waals surface area contributed by atoms with Gasteiger partial charge in [-0.25, -0.2) is 9.97 Å². The number of thiophene rings is 1. The number of hydrogen-bond donors (Lipinski definition) is 1. The summed E-state index contributed by atoms with van der Waals surface area (Å²) < 4.78 is 0. The van der Waals surface area contributed by atoms with Gasteiger partial charge in [-0.3, -0.25) is 0 Å².